The van der Waals surface area contributed by atoms with Gasteiger partial charge in [-0.05, 0) is 18.6 Å². The number of unbranched alkanes of at least 4 members (excludes halogenated alkanes) is 3. The largest absolute Gasteiger partial charge is 0.370 e. The van der Waals surface area contributed by atoms with E-state index in [-0.39, 0.29) is 5.91 Å². The summed E-state index contributed by atoms with van der Waals surface area (Å²) in [6.07, 6.45) is 4.73. The third-order valence-electron chi connectivity index (χ3n) is 3.63. The first kappa shape index (κ1) is 19.8. The molecule has 4 N–H and O–H groups in total. The molecule has 8 heteroatoms. The van der Waals surface area contributed by atoms with Crippen LogP contribution in [0.3, 0.4) is 0 Å². The Hall–Kier alpha value is -2.48. The number of nitrogens with two attached hydrogens (primary N) is 1. The molecule has 2 aromatic heterocycles. The molecule has 0 unspecified atom stereocenters. The number of nitrogens with one attached hydrogen (secondary N) is 2. The Morgan fingerprint density at radius 1 is 1.19 bits per heavy atom. The Kier molecular flexibility index (Phi) is 8.01. The summed E-state index contributed by atoms with van der Waals surface area (Å²) in [4.78, 5) is 24.3. The third-order valence-corrected chi connectivity index (χ3v) is 4.37. The van der Waals surface area contributed by atoms with Gasteiger partial charge >= 0.3 is 0 Å². The SMILES string of the molecule is CCCCCCN/C(N)=N/c1nc(-c2cccc(CNC(C)=O)n2)cs1. The van der Waals surface area contributed by atoms with E-state index < -0.39 is 0 Å². The zero-order valence-corrected chi connectivity index (χ0v) is 16.1. The number of rotatable bonds is 9. The number of aromatic nitrogens is 2. The number of carbonyl (C=O) groups is 1. The molecule has 1 amide bonds. The summed E-state index contributed by atoms with van der Waals surface area (Å²) in [6, 6.07) is 5.65. The predicted molar refractivity (Wildman–Crippen MR) is 106 cm³/mol. The molecule has 2 heterocycles. The first-order chi connectivity index (χ1) is 12.6. The van der Waals surface area contributed by atoms with Crippen LogP contribution in [0.2, 0.25) is 0 Å². The monoisotopic (exact) mass is 374 g/mol. The van der Waals surface area contributed by atoms with Gasteiger partial charge in [0.1, 0.15) is 5.69 Å². The fourth-order valence-corrected chi connectivity index (χ4v) is 2.97. The molecule has 0 aliphatic rings. The third kappa shape index (κ3) is 6.79. The molecule has 0 saturated heterocycles. The van der Waals surface area contributed by atoms with Gasteiger partial charge < -0.3 is 16.4 Å². The lowest BCUT2D eigenvalue weighted by atomic mass is 10.2. The number of pyridine rings is 1. The first-order valence-electron chi connectivity index (χ1n) is 8.82. The second kappa shape index (κ2) is 10.5. The standard InChI is InChI=1S/C18H26N6OS/c1-3-4-5-6-10-20-17(19)24-18-23-16(12-26-18)15-9-7-8-14(22-15)11-21-13(2)25/h7-9,12H,3-6,10-11H2,1-2H3,(H,21,25)(H3,19,20,23,24). The minimum absolute atomic E-state index is 0.0832. The average molecular weight is 375 g/mol. The van der Waals surface area contributed by atoms with Gasteiger partial charge in [0, 0.05) is 18.8 Å². The zero-order valence-electron chi connectivity index (χ0n) is 15.3. The van der Waals surface area contributed by atoms with E-state index in [1.54, 1.807) is 0 Å². The van der Waals surface area contributed by atoms with E-state index in [0.29, 0.717) is 17.6 Å². The smallest absolute Gasteiger partial charge is 0.217 e. The molecular formula is C18H26N6OS. The maximum absolute atomic E-state index is 11.0. The second-order valence-corrected chi connectivity index (χ2v) is 6.76. The average Bonchev–Trinajstić information content (AvgIpc) is 3.08. The summed E-state index contributed by atoms with van der Waals surface area (Å²) in [6.45, 7) is 4.89. The molecule has 0 spiro atoms. The summed E-state index contributed by atoms with van der Waals surface area (Å²) >= 11 is 1.42. The van der Waals surface area contributed by atoms with Gasteiger partial charge in [0.25, 0.3) is 0 Å². The van der Waals surface area contributed by atoms with Gasteiger partial charge in [-0.2, -0.15) is 4.99 Å². The van der Waals surface area contributed by atoms with Crippen LogP contribution in [0.1, 0.15) is 45.2 Å². The molecule has 0 aliphatic heterocycles. The second-order valence-electron chi connectivity index (χ2n) is 5.92. The van der Waals surface area contributed by atoms with Crippen LogP contribution >= 0.6 is 11.3 Å². The van der Waals surface area contributed by atoms with Crippen molar-refractivity contribution in [1.82, 2.24) is 20.6 Å². The number of nitrogens with zero attached hydrogens (tertiary/aromatic N) is 3. The molecule has 0 aliphatic carbocycles. The maximum atomic E-state index is 11.0. The van der Waals surface area contributed by atoms with Crippen LogP contribution in [0.25, 0.3) is 11.4 Å². The van der Waals surface area contributed by atoms with Gasteiger partial charge in [-0.3, -0.25) is 4.79 Å². The van der Waals surface area contributed by atoms with Gasteiger partial charge in [0.2, 0.25) is 11.0 Å². The normalized spacial score (nSPS) is 11.4. The molecule has 0 radical (unpaired) electrons. The van der Waals surface area contributed by atoms with Gasteiger partial charge in [0.05, 0.1) is 17.9 Å². The highest BCUT2D eigenvalue weighted by Gasteiger charge is 2.07. The summed E-state index contributed by atoms with van der Waals surface area (Å²) < 4.78 is 0. The number of guanidine groups is 1. The number of amides is 1. The lowest BCUT2D eigenvalue weighted by Crippen LogP contribution is -2.31. The van der Waals surface area contributed by atoms with Crippen molar-refractivity contribution in [1.29, 1.82) is 0 Å². The molecule has 0 atom stereocenters. The minimum atomic E-state index is -0.0832. The van der Waals surface area contributed by atoms with Crippen molar-refractivity contribution >= 4 is 28.3 Å². The van der Waals surface area contributed by atoms with E-state index in [9.17, 15) is 4.79 Å². The molecule has 2 aromatic rings. The van der Waals surface area contributed by atoms with Crippen LogP contribution < -0.4 is 16.4 Å². The lowest BCUT2D eigenvalue weighted by molar-refractivity contribution is -0.119. The minimum Gasteiger partial charge on any atom is -0.370 e. The summed E-state index contributed by atoms with van der Waals surface area (Å²) in [7, 11) is 0. The molecule has 140 valence electrons. The molecule has 26 heavy (non-hydrogen) atoms. The van der Waals surface area contributed by atoms with Crippen LogP contribution in [-0.4, -0.2) is 28.4 Å². The molecule has 0 fully saturated rings. The molecule has 2 rings (SSSR count). The number of aliphatic imine (C=N–C) groups is 1. The Balaban J connectivity index is 1.95. The molecular weight excluding hydrogens is 348 g/mol. The van der Waals surface area contributed by atoms with Gasteiger partial charge in [-0.25, -0.2) is 9.97 Å². The highest BCUT2D eigenvalue weighted by molar-refractivity contribution is 7.13. The number of carbonyl (C=O) groups excluding carboxylic acids is 1. The van der Waals surface area contributed by atoms with E-state index in [2.05, 4.69) is 32.5 Å². The van der Waals surface area contributed by atoms with E-state index in [4.69, 9.17) is 5.73 Å². The quantitative estimate of drug-likeness (QED) is 0.355. The lowest BCUT2D eigenvalue weighted by Gasteiger charge is -2.04. The fraction of sp³-hybridized carbons (Fsp3) is 0.444. The van der Waals surface area contributed by atoms with E-state index in [0.717, 1.165) is 30.0 Å². The fourth-order valence-electron chi connectivity index (χ4n) is 2.28. The van der Waals surface area contributed by atoms with Crippen LogP contribution in [0.15, 0.2) is 28.6 Å². The van der Waals surface area contributed by atoms with Crippen LogP contribution in [0.5, 0.6) is 0 Å². The number of hydrogen-bond donors (Lipinski definition) is 3. The highest BCUT2D eigenvalue weighted by atomic mass is 32.1. The van der Waals surface area contributed by atoms with E-state index in [1.807, 2.05) is 23.6 Å². The van der Waals surface area contributed by atoms with Crippen LogP contribution in [0, 0.1) is 0 Å². The Morgan fingerprint density at radius 3 is 2.81 bits per heavy atom. The Labute approximate surface area is 158 Å². The zero-order chi connectivity index (χ0) is 18.8. The Morgan fingerprint density at radius 2 is 2.04 bits per heavy atom. The van der Waals surface area contributed by atoms with Crippen molar-refractivity contribution in [2.45, 2.75) is 46.1 Å². The predicted octanol–water partition coefficient (Wildman–Crippen LogP) is 2.96. The van der Waals surface area contributed by atoms with Crippen molar-refractivity contribution in [3.63, 3.8) is 0 Å². The van der Waals surface area contributed by atoms with Crippen LogP contribution in [0.4, 0.5) is 5.13 Å². The van der Waals surface area contributed by atoms with Gasteiger partial charge in [-0.15, -0.1) is 11.3 Å². The number of hydrogen-bond acceptors (Lipinski definition) is 5. The molecule has 0 saturated carbocycles. The van der Waals surface area contributed by atoms with Gasteiger partial charge in [-0.1, -0.05) is 32.3 Å². The van der Waals surface area contributed by atoms with Crippen molar-refractivity contribution in [3.05, 3.63) is 29.3 Å². The van der Waals surface area contributed by atoms with Crippen LogP contribution in [-0.2, 0) is 11.3 Å². The molecule has 0 aromatic carbocycles. The van der Waals surface area contributed by atoms with Crippen molar-refractivity contribution in [3.8, 4) is 11.4 Å². The highest BCUT2D eigenvalue weighted by Crippen LogP contribution is 2.25. The Bertz CT molecular complexity index is 743. The summed E-state index contributed by atoms with van der Waals surface area (Å²) in [5, 5.41) is 8.34. The van der Waals surface area contributed by atoms with Gasteiger partial charge in [0.15, 0.2) is 5.96 Å². The molecule has 7 nitrogen and oxygen atoms in total. The summed E-state index contributed by atoms with van der Waals surface area (Å²) in [5.41, 5.74) is 8.18. The topological polar surface area (TPSA) is 105 Å². The van der Waals surface area contributed by atoms with E-state index in [1.165, 1.54) is 37.5 Å². The van der Waals surface area contributed by atoms with Crippen molar-refractivity contribution < 1.29 is 4.79 Å². The summed E-state index contributed by atoms with van der Waals surface area (Å²) in [5.74, 6) is 0.301. The maximum Gasteiger partial charge on any atom is 0.217 e. The van der Waals surface area contributed by atoms with Crippen molar-refractivity contribution in [2.24, 2.45) is 10.7 Å². The van der Waals surface area contributed by atoms with E-state index >= 15 is 0 Å². The first-order valence-corrected chi connectivity index (χ1v) is 9.70. The van der Waals surface area contributed by atoms with Crippen molar-refractivity contribution in [2.75, 3.05) is 6.54 Å². The number of thiazole rings is 1. The molecule has 0 bridgehead atoms.